The number of aryl methyl sites for hydroxylation is 1. The molecule has 0 bridgehead atoms. The summed E-state index contributed by atoms with van der Waals surface area (Å²) in [5.74, 6) is 1.46. The molecule has 0 spiro atoms. The third-order valence-electron chi connectivity index (χ3n) is 6.16. The Morgan fingerprint density at radius 1 is 1.06 bits per heavy atom. The molecular weight excluding hydrogens is 422 g/mol. The van der Waals surface area contributed by atoms with Gasteiger partial charge in [-0.15, -0.1) is 5.10 Å². The molecule has 3 heterocycles. The summed E-state index contributed by atoms with van der Waals surface area (Å²) >= 11 is 1.53. The molecule has 1 fully saturated rings. The van der Waals surface area contributed by atoms with E-state index in [1.165, 1.54) is 22.0 Å². The van der Waals surface area contributed by atoms with Gasteiger partial charge < -0.3 is 4.74 Å². The maximum absolute atomic E-state index is 13.3. The van der Waals surface area contributed by atoms with Gasteiger partial charge in [-0.3, -0.25) is 14.6 Å². The van der Waals surface area contributed by atoms with Crippen molar-refractivity contribution >= 4 is 17.7 Å². The average Bonchev–Trinajstić information content (AvgIpc) is 3.33. The summed E-state index contributed by atoms with van der Waals surface area (Å²) in [6.45, 7) is 6.52. The molecule has 0 N–H and O–H groups in total. The second-order valence-electron chi connectivity index (χ2n) is 8.25. The molecule has 1 aromatic heterocycles. The Balaban J connectivity index is 1.36. The Morgan fingerprint density at radius 3 is 2.44 bits per heavy atom. The van der Waals surface area contributed by atoms with Gasteiger partial charge in [-0.05, 0) is 30.2 Å². The molecule has 0 amide bonds. The number of hydrogen-bond acceptors (Lipinski definition) is 7. The number of aromatic nitrogens is 3. The number of piperazine rings is 1. The van der Waals surface area contributed by atoms with E-state index < -0.39 is 0 Å². The summed E-state index contributed by atoms with van der Waals surface area (Å²) in [7, 11) is 1.67. The lowest BCUT2D eigenvalue weighted by Gasteiger charge is -2.41. The molecule has 2 aliphatic heterocycles. The number of carbonyl (C=O) groups excluding carboxylic acids is 1. The van der Waals surface area contributed by atoms with E-state index in [2.05, 4.69) is 62.3 Å². The number of rotatable bonds is 6. The van der Waals surface area contributed by atoms with Gasteiger partial charge in [0.15, 0.2) is 5.16 Å². The first-order chi connectivity index (χ1) is 15.6. The van der Waals surface area contributed by atoms with Crippen molar-refractivity contribution in [3.05, 3.63) is 71.5 Å². The van der Waals surface area contributed by atoms with Crippen LogP contribution in [-0.2, 0) is 6.54 Å². The Morgan fingerprint density at radius 2 is 1.78 bits per heavy atom. The van der Waals surface area contributed by atoms with Gasteiger partial charge in [-0.25, -0.2) is 4.98 Å². The van der Waals surface area contributed by atoms with Crippen molar-refractivity contribution in [2.45, 2.75) is 29.9 Å². The third-order valence-corrected chi connectivity index (χ3v) is 7.35. The molecule has 2 aliphatic rings. The fraction of sp³-hybridized carbons (Fsp3) is 0.375. The van der Waals surface area contributed by atoms with Crippen molar-refractivity contribution < 1.29 is 9.53 Å². The zero-order valence-corrected chi connectivity index (χ0v) is 19.2. The largest absolute Gasteiger partial charge is 0.497 e. The molecule has 166 valence electrons. The molecule has 32 heavy (non-hydrogen) atoms. The van der Waals surface area contributed by atoms with E-state index >= 15 is 0 Å². The maximum atomic E-state index is 13.3. The second kappa shape index (κ2) is 9.05. The predicted molar refractivity (Wildman–Crippen MR) is 124 cm³/mol. The summed E-state index contributed by atoms with van der Waals surface area (Å²) < 4.78 is 6.83. The number of ether oxygens (including phenoxy) is 1. The van der Waals surface area contributed by atoms with E-state index in [-0.39, 0.29) is 17.2 Å². The van der Waals surface area contributed by atoms with Crippen molar-refractivity contribution in [2.75, 3.05) is 33.3 Å². The molecule has 2 aromatic carbocycles. The number of hydrogen-bond donors (Lipinski definition) is 0. The molecule has 3 aromatic rings. The summed E-state index contributed by atoms with van der Waals surface area (Å²) in [4.78, 5) is 22.6. The number of methoxy groups -OCH3 is 1. The van der Waals surface area contributed by atoms with Gasteiger partial charge >= 0.3 is 0 Å². The molecule has 0 radical (unpaired) electrons. The summed E-state index contributed by atoms with van der Waals surface area (Å²) in [5, 5.41) is 4.75. The van der Waals surface area contributed by atoms with E-state index in [1.807, 2.05) is 19.1 Å². The predicted octanol–water partition coefficient (Wildman–Crippen LogP) is 3.27. The quantitative estimate of drug-likeness (QED) is 0.572. The van der Waals surface area contributed by atoms with Crippen LogP contribution in [0.1, 0.15) is 27.8 Å². The standard InChI is InChI=1S/C24H27N5O2S/c1-17-25-24-29(26-17)23(30)22(32-24)21(19-8-10-20(31-2)11-9-19)28-14-12-27(13-15-28)16-18-6-4-3-5-7-18/h3-11,21-22H,12-16H2,1-2H3. The van der Waals surface area contributed by atoms with Crippen LogP contribution < -0.4 is 4.74 Å². The van der Waals surface area contributed by atoms with Crippen molar-refractivity contribution in [3.63, 3.8) is 0 Å². The van der Waals surface area contributed by atoms with E-state index in [4.69, 9.17) is 4.74 Å². The minimum atomic E-state index is -0.264. The Hall–Kier alpha value is -2.68. The lowest BCUT2D eigenvalue weighted by molar-refractivity contribution is 0.0715. The lowest BCUT2D eigenvalue weighted by Crippen LogP contribution is -2.50. The zero-order chi connectivity index (χ0) is 22.1. The molecule has 2 unspecified atom stereocenters. The van der Waals surface area contributed by atoms with Crippen molar-refractivity contribution in [3.8, 4) is 5.75 Å². The molecule has 5 rings (SSSR count). The van der Waals surface area contributed by atoms with Gasteiger partial charge in [0.25, 0.3) is 5.91 Å². The molecule has 0 aliphatic carbocycles. The highest BCUT2D eigenvalue weighted by atomic mass is 32.2. The maximum Gasteiger partial charge on any atom is 0.264 e. The smallest absolute Gasteiger partial charge is 0.264 e. The Bertz CT molecular complexity index is 1080. The fourth-order valence-electron chi connectivity index (χ4n) is 4.52. The van der Waals surface area contributed by atoms with E-state index in [1.54, 1.807) is 7.11 Å². The van der Waals surface area contributed by atoms with Crippen LogP contribution in [0, 0.1) is 6.92 Å². The monoisotopic (exact) mass is 449 g/mol. The van der Waals surface area contributed by atoms with Crippen LogP contribution in [0.5, 0.6) is 5.75 Å². The first-order valence-corrected chi connectivity index (χ1v) is 11.8. The number of benzene rings is 2. The van der Waals surface area contributed by atoms with Crippen LogP contribution in [0.3, 0.4) is 0 Å². The first kappa shape index (κ1) is 21.2. The first-order valence-electron chi connectivity index (χ1n) is 10.9. The summed E-state index contributed by atoms with van der Waals surface area (Å²) in [6, 6.07) is 18.6. The third kappa shape index (κ3) is 4.18. The normalized spacial score (nSPS) is 20.3. The van der Waals surface area contributed by atoms with Crippen molar-refractivity contribution in [1.82, 2.24) is 24.6 Å². The SMILES string of the molecule is COc1ccc(C(C2Sc3nc(C)nn3C2=O)N2CCN(Cc3ccccc3)CC2)cc1. The summed E-state index contributed by atoms with van der Waals surface area (Å²) in [6.07, 6.45) is 0. The Kier molecular flexibility index (Phi) is 5.99. The van der Waals surface area contributed by atoms with Crippen LogP contribution in [-0.4, -0.2) is 69.0 Å². The number of fused-ring (bicyclic) bond motifs is 1. The fourth-order valence-corrected chi connectivity index (χ4v) is 5.82. The van der Waals surface area contributed by atoms with Crippen molar-refractivity contribution in [2.24, 2.45) is 0 Å². The van der Waals surface area contributed by atoms with Crippen molar-refractivity contribution in [1.29, 1.82) is 0 Å². The molecule has 2 atom stereocenters. The lowest BCUT2D eigenvalue weighted by atomic mass is 9.99. The minimum absolute atomic E-state index is 0.0122. The number of thioether (sulfide) groups is 1. The number of nitrogens with zero attached hydrogens (tertiary/aromatic N) is 5. The van der Waals surface area contributed by atoms with Crippen LogP contribution >= 0.6 is 11.8 Å². The van der Waals surface area contributed by atoms with Gasteiger partial charge in [0.1, 0.15) is 16.8 Å². The van der Waals surface area contributed by atoms with E-state index in [0.717, 1.165) is 44.0 Å². The van der Waals surface area contributed by atoms with Crippen LogP contribution in [0.2, 0.25) is 0 Å². The topological polar surface area (TPSA) is 63.5 Å². The van der Waals surface area contributed by atoms with Gasteiger partial charge in [0, 0.05) is 32.7 Å². The van der Waals surface area contributed by atoms with Crippen LogP contribution in [0.15, 0.2) is 59.8 Å². The summed E-state index contributed by atoms with van der Waals surface area (Å²) in [5.41, 5.74) is 2.46. The highest BCUT2D eigenvalue weighted by molar-refractivity contribution is 8.00. The zero-order valence-electron chi connectivity index (χ0n) is 18.3. The molecular formula is C24H27N5O2S. The van der Waals surface area contributed by atoms with Gasteiger partial charge in [0.2, 0.25) is 0 Å². The highest BCUT2D eigenvalue weighted by Gasteiger charge is 2.43. The second-order valence-corrected chi connectivity index (χ2v) is 9.35. The minimum Gasteiger partial charge on any atom is -0.497 e. The highest BCUT2D eigenvalue weighted by Crippen LogP contribution is 2.41. The molecule has 0 saturated carbocycles. The Labute approximate surface area is 192 Å². The molecule has 1 saturated heterocycles. The van der Waals surface area contributed by atoms with Crippen LogP contribution in [0.25, 0.3) is 0 Å². The molecule has 7 nitrogen and oxygen atoms in total. The van der Waals surface area contributed by atoms with Gasteiger partial charge in [0.05, 0.1) is 13.2 Å². The number of carbonyl (C=O) groups is 1. The van der Waals surface area contributed by atoms with E-state index in [0.29, 0.717) is 11.0 Å². The van der Waals surface area contributed by atoms with E-state index in [9.17, 15) is 4.79 Å². The van der Waals surface area contributed by atoms with Crippen LogP contribution in [0.4, 0.5) is 0 Å². The molecule has 8 heteroatoms. The van der Waals surface area contributed by atoms with Gasteiger partial charge in [-0.2, -0.15) is 4.68 Å². The van der Waals surface area contributed by atoms with Gasteiger partial charge in [-0.1, -0.05) is 54.2 Å². The average molecular weight is 450 g/mol.